The summed E-state index contributed by atoms with van der Waals surface area (Å²) in [5.74, 6) is 0.971. The Labute approximate surface area is 182 Å². The first-order valence-electron chi connectivity index (χ1n) is 9.87. The summed E-state index contributed by atoms with van der Waals surface area (Å²) in [5, 5.41) is 8.42. The summed E-state index contributed by atoms with van der Waals surface area (Å²) in [7, 11) is 0. The third kappa shape index (κ3) is 2.83. The summed E-state index contributed by atoms with van der Waals surface area (Å²) in [6.07, 6.45) is 0.980. The molecule has 7 heteroatoms. The number of nitrogens with zero attached hydrogens (tertiary/aromatic N) is 3. The number of rotatable bonds is 2. The van der Waals surface area contributed by atoms with Gasteiger partial charge >= 0.3 is 0 Å². The van der Waals surface area contributed by atoms with Crippen LogP contribution < -0.4 is 10.1 Å². The van der Waals surface area contributed by atoms with Crippen molar-refractivity contribution in [3.63, 3.8) is 0 Å². The largest absolute Gasteiger partial charge is 0.480 e. The third-order valence-electron chi connectivity index (χ3n) is 5.67. The summed E-state index contributed by atoms with van der Waals surface area (Å²) in [6.45, 7) is 0. The van der Waals surface area contributed by atoms with Crippen molar-refractivity contribution >= 4 is 23.2 Å². The van der Waals surface area contributed by atoms with Crippen molar-refractivity contribution in [2.75, 3.05) is 5.32 Å². The van der Waals surface area contributed by atoms with Crippen molar-refractivity contribution in [3.8, 4) is 5.75 Å². The minimum Gasteiger partial charge on any atom is -0.480 e. The van der Waals surface area contributed by atoms with Gasteiger partial charge in [-0.1, -0.05) is 54.1 Å². The van der Waals surface area contributed by atoms with Crippen LogP contribution in [-0.2, 0) is 0 Å². The smallest absolute Gasteiger partial charge is 0.226 e. The van der Waals surface area contributed by atoms with Crippen LogP contribution in [0.1, 0.15) is 28.8 Å². The maximum Gasteiger partial charge on any atom is 0.226 e. The molecule has 2 atom stereocenters. The van der Waals surface area contributed by atoms with E-state index in [1.807, 2.05) is 54.6 Å². The lowest BCUT2D eigenvalue weighted by Crippen LogP contribution is -2.32. The van der Waals surface area contributed by atoms with Crippen LogP contribution in [-0.4, -0.2) is 14.8 Å². The molecular formula is C24H16ClFN4O. The Kier molecular flexibility index (Phi) is 4.07. The van der Waals surface area contributed by atoms with E-state index < -0.39 is 12.1 Å². The average molecular weight is 431 g/mol. The Morgan fingerprint density at radius 3 is 2.71 bits per heavy atom. The van der Waals surface area contributed by atoms with Crippen LogP contribution >= 0.6 is 11.6 Å². The Balaban J connectivity index is 1.66. The second-order valence-corrected chi connectivity index (χ2v) is 7.89. The molecule has 0 fully saturated rings. The molecular weight excluding hydrogens is 415 g/mol. The zero-order valence-corrected chi connectivity index (χ0v) is 16.9. The van der Waals surface area contributed by atoms with Crippen LogP contribution in [0.5, 0.6) is 5.75 Å². The Bertz CT molecular complexity index is 1350. The molecule has 0 unspecified atom stereocenters. The summed E-state index contributed by atoms with van der Waals surface area (Å²) in [5.41, 5.74) is 3.97. The van der Waals surface area contributed by atoms with Crippen LogP contribution in [0, 0.1) is 5.82 Å². The SMILES string of the molecule is Fc1ccccc1[C@H]1C2=C(Nc3ncnn31)c1ccccc1O[C@@H]2c1cccc(Cl)c1. The van der Waals surface area contributed by atoms with E-state index >= 15 is 4.39 Å². The molecule has 0 saturated heterocycles. The molecule has 3 aromatic carbocycles. The van der Waals surface area contributed by atoms with Crippen molar-refractivity contribution in [1.29, 1.82) is 0 Å². The minimum atomic E-state index is -0.535. The molecule has 0 radical (unpaired) electrons. The normalized spacial score (nSPS) is 19.0. The fourth-order valence-electron chi connectivity index (χ4n) is 4.36. The van der Waals surface area contributed by atoms with Crippen molar-refractivity contribution in [2.24, 2.45) is 0 Å². The van der Waals surface area contributed by atoms with Gasteiger partial charge in [-0.3, -0.25) is 0 Å². The first-order chi connectivity index (χ1) is 15.2. The van der Waals surface area contributed by atoms with Gasteiger partial charge in [-0.05, 0) is 35.9 Å². The standard InChI is InChI=1S/C24H16ClFN4O/c25-15-7-5-6-14(12-15)23-20-21(17-9-2-4-11-19(17)31-23)29-24-27-13-28-30(24)22(20)16-8-1-3-10-18(16)26/h1-13,22-23H,(H,27,28,29)/t22-,23+/m0/s1. The van der Waals surface area contributed by atoms with Gasteiger partial charge in [-0.2, -0.15) is 10.1 Å². The van der Waals surface area contributed by atoms with Gasteiger partial charge in [0.1, 0.15) is 30.0 Å². The molecule has 0 spiro atoms. The number of benzene rings is 3. The predicted molar refractivity (Wildman–Crippen MR) is 116 cm³/mol. The van der Waals surface area contributed by atoms with Gasteiger partial charge in [-0.15, -0.1) is 0 Å². The van der Waals surface area contributed by atoms with E-state index in [0.717, 1.165) is 28.1 Å². The zero-order valence-electron chi connectivity index (χ0n) is 16.2. The van der Waals surface area contributed by atoms with Gasteiger partial charge in [0, 0.05) is 21.7 Å². The van der Waals surface area contributed by atoms with Crippen LogP contribution in [0.3, 0.4) is 0 Å². The lowest BCUT2D eigenvalue weighted by atomic mass is 9.84. The number of para-hydroxylation sites is 1. The molecule has 31 heavy (non-hydrogen) atoms. The molecule has 0 saturated carbocycles. The van der Waals surface area contributed by atoms with E-state index in [4.69, 9.17) is 16.3 Å². The fourth-order valence-corrected chi connectivity index (χ4v) is 4.56. The lowest BCUT2D eigenvalue weighted by Gasteiger charge is -2.39. The third-order valence-corrected chi connectivity index (χ3v) is 5.91. The van der Waals surface area contributed by atoms with Crippen molar-refractivity contribution in [2.45, 2.75) is 12.1 Å². The number of ether oxygens (including phenoxy) is 1. The topological polar surface area (TPSA) is 52.0 Å². The maximum atomic E-state index is 15.1. The highest BCUT2D eigenvalue weighted by atomic mass is 35.5. The monoisotopic (exact) mass is 430 g/mol. The molecule has 152 valence electrons. The number of halogens is 2. The number of hydrogen-bond acceptors (Lipinski definition) is 4. The van der Waals surface area contributed by atoms with Crippen molar-refractivity contribution in [1.82, 2.24) is 14.8 Å². The first kappa shape index (κ1) is 18.2. The van der Waals surface area contributed by atoms with E-state index in [1.165, 1.54) is 12.4 Å². The highest BCUT2D eigenvalue weighted by molar-refractivity contribution is 6.30. The quantitative estimate of drug-likeness (QED) is 0.447. The molecule has 2 aliphatic heterocycles. The molecule has 3 heterocycles. The molecule has 6 rings (SSSR count). The van der Waals surface area contributed by atoms with E-state index in [0.29, 0.717) is 16.5 Å². The lowest BCUT2D eigenvalue weighted by molar-refractivity contribution is 0.222. The molecule has 1 aromatic heterocycles. The number of anilines is 1. The molecule has 0 aliphatic carbocycles. The summed E-state index contributed by atoms with van der Waals surface area (Å²) >= 11 is 6.31. The fraction of sp³-hybridized carbons (Fsp3) is 0.0833. The highest BCUT2D eigenvalue weighted by Gasteiger charge is 2.41. The van der Waals surface area contributed by atoms with Crippen LogP contribution in [0.4, 0.5) is 10.3 Å². The number of fused-ring (bicyclic) bond motifs is 3. The summed E-state index contributed by atoms with van der Waals surface area (Å²) in [6, 6.07) is 21.5. The second-order valence-electron chi connectivity index (χ2n) is 7.46. The Morgan fingerprint density at radius 2 is 1.84 bits per heavy atom. The Hall–Kier alpha value is -3.64. The summed E-state index contributed by atoms with van der Waals surface area (Å²) in [4.78, 5) is 4.36. The molecule has 1 N–H and O–H groups in total. The second kappa shape index (κ2) is 6.96. The molecule has 4 aromatic rings. The predicted octanol–water partition coefficient (Wildman–Crippen LogP) is 5.63. The molecule has 5 nitrogen and oxygen atoms in total. The van der Waals surface area contributed by atoms with Gasteiger partial charge in [-0.25, -0.2) is 9.07 Å². The molecule has 0 bridgehead atoms. The number of nitrogens with one attached hydrogen (secondary N) is 1. The average Bonchev–Trinajstić information content (AvgIpc) is 3.26. The van der Waals surface area contributed by atoms with Crippen molar-refractivity contribution < 1.29 is 9.13 Å². The number of aromatic nitrogens is 3. The van der Waals surface area contributed by atoms with E-state index in [1.54, 1.807) is 16.8 Å². The first-order valence-corrected chi connectivity index (χ1v) is 10.2. The van der Waals surface area contributed by atoms with Crippen molar-refractivity contribution in [3.05, 3.63) is 112 Å². The van der Waals surface area contributed by atoms with Gasteiger partial charge < -0.3 is 10.1 Å². The van der Waals surface area contributed by atoms with Gasteiger partial charge in [0.05, 0.1) is 5.70 Å². The molecule has 2 aliphatic rings. The van der Waals surface area contributed by atoms with Crippen LogP contribution in [0.15, 0.2) is 84.7 Å². The Morgan fingerprint density at radius 1 is 1.00 bits per heavy atom. The van der Waals surface area contributed by atoms with E-state index in [-0.39, 0.29) is 5.82 Å². The zero-order chi connectivity index (χ0) is 20.9. The van der Waals surface area contributed by atoms with E-state index in [2.05, 4.69) is 15.4 Å². The summed E-state index contributed by atoms with van der Waals surface area (Å²) < 4.78 is 23.2. The van der Waals surface area contributed by atoms with Crippen LogP contribution in [0.2, 0.25) is 5.02 Å². The highest BCUT2D eigenvalue weighted by Crippen LogP contribution is 2.50. The van der Waals surface area contributed by atoms with Gasteiger partial charge in [0.15, 0.2) is 0 Å². The maximum absolute atomic E-state index is 15.1. The minimum absolute atomic E-state index is 0.314. The number of hydrogen-bond donors (Lipinski definition) is 1. The molecule has 0 amide bonds. The van der Waals surface area contributed by atoms with Gasteiger partial charge in [0.2, 0.25) is 5.95 Å². The van der Waals surface area contributed by atoms with E-state index in [9.17, 15) is 0 Å². The van der Waals surface area contributed by atoms with Crippen LogP contribution in [0.25, 0.3) is 5.70 Å². The van der Waals surface area contributed by atoms with Gasteiger partial charge in [0.25, 0.3) is 0 Å².